The van der Waals surface area contributed by atoms with Gasteiger partial charge in [-0.05, 0) is 29.8 Å². The molecule has 0 aliphatic heterocycles. The fourth-order valence-corrected chi connectivity index (χ4v) is 1.43. The molecule has 0 aromatic carbocycles. The molecule has 1 rings (SSSR count). The number of halogens is 1. The lowest BCUT2D eigenvalue weighted by molar-refractivity contribution is 0.807. The number of hydrogen-bond acceptors (Lipinski definition) is 5. The van der Waals surface area contributed by atoms with Gasteiger partial charge in [-0.1, -0.05) is 0 Å². The van der Waals surface area contributed by atoms with Crippen molar-refractivity contribution < 1.29 is 0 Å². The summed E-state index contributed by atoms with van der Waals surface area (Å²) < 4.78 is 0.554. The van der Waals surface area contributed by atoms with Crippen molar-refractivity contribution in [1.29, 1.82) is 0 Å². The summed E-state index contributed by atoms with van der Waals surface area (Å²) in [7, 11) is 1.79. The van der Waals surface area contributed by atoms with Crippen molar-refractivity contribution in [3.8, 4) is 0 Å². The van der Waals surface area contributed by atoms with E-state index < -0.39 is 0 Å². The van der Waals surface area contributed by atoms with Crippen molar-refractivity contribution in [2.24, 2.45) is 0 Å². The minimum absolute atomic E-state index is 0.554. The quantitative estimate of drug-likeness (QED) is 0.889. The van der Waals surface area contributed by atoms with Crippen molar-refractivity contribution in [3.05, 3.63) is 4.73 Å². The third-order valence-corrected chi connectivity index (χ3v) is 2.22. The average molecular weight is 260 g/mol. The monoisotopic (exact) mass is 259 g/mol. The van der Waals surface area contributed by atoms with Crippen molar-refractivity contribution >= 4 is 27.8 Å². The van der Waals surface area contributed by atoms with E-state index in [1.165, 1.54) is 0 Å². The van der Waals surface area contributed by atoms with Gasteiger partial charge in [0.05, 0.1) is 0 Å². The Balaban J connectivity index is 3.01. The summed E-state index contributed by atoms with van der Waals surface area (Å²) in [5, 5.41) is 2.89. The second-order valence-electron chi connectivity index (χ2n) is 2.65. The Morgan fingerprint density at radius 3 is 2.36 bits per heavy atom. The Bertz CT molecular complexity index is 300. The highest BCUT2D eigenvalue weighted by atomic mass is 79.9. The van der Waals surface area contributed by atoms with Crippen LogP contribution in [0, 0.1) is 0 Å². The molecule has 0 unspecified atom stereocenters. The Hall–Kier alpha value is -0.910. The van der Waals surface area contributed by atoms with Crippen LogP contribution in [0.3, 0.4) is 0 Å². The van der Waals surface area contributed by atoms with Gasteiger partial charge in [0.2, 0.25) is 16.6 Å². The lowest BCUT2D eigenvalue weighted by Crippen LogP contribution is -2.24. The molecule has 78 valence electrons. The maximum absolute atomic E-state index is 4.26. The maximum atomic E-state index is 4.26. The van der Waals surface area contributed by atoms with Crippen LogP contribution in [0.1, 0.15) is 13.8 Å². The van der Waals surface area contributed by atoms with Crippen LogP contribution >= 0.6 is 15.9 Å². The summed E-state index contributed by atoms with van der Waals surface area (Å²) in [6.07, 6.45) is 0. The van der Waals surface area contributed by atoms with E-state index in [4.69, 9.17) is 0 Å². The summed E-state index contributed by atoms with van der Waals surface area (Å²) in [5.41, 5.74) is 0. The third-order valence-electron chi connectivity index (χ3n) is 1.87. The molecule has 1 aromatic heterocycles. The number of nitrogens with zero attached hydrogens (tertiary/aromatic N) is 4. The molecule has 6 heteroatoms. The predicted octanol–water partition coefficient (Wildman–Crippen LogP) is 1.52. The lowest BCUT2D eigenvalue weighted by Gasteiger charge is -2.18. The van der Waals surface area contributed by atoms with E-state index >= 15 is 0 Å². The lowest BCUT2D eigenvalue weighted by atomic mass is 10.5. The molecule has 1 heterocycles. The first-order valence-electron chi connectivity index (χ1n) is 4.55. The molecule has 0 spiro atoms. The Morgan fingerprint density at radius 2 is 1.86 bits per heavy atom. The molecule has 0 saturated carbocycles. The minimum atomic E-state index is 0.554. The van der Waals surface area contributed by atoms with Crippen molar-refractivity contribution in [2.45, 2.75) is 13.8 Å². The number of hydrogen-bond donors (Lipinski definition) is 1. The minimum Gasteiger partial charge on any atom is -0.357 e. The van der Waals surface area contributed by atoms with Crippen LogP contribution in [-0.4, -0.2) is 35.1 Å². The molecule has 0 aliphatic carbocycles. The molecule has 0 fully saturated rings. The molecule has 0 atom stereocenters. The molecule has 5 nitrogen and oxygen atoms in total. The standard InChI is InChI=1S/C8H14BrN5/c1-4-14(5-2)8-12-6(9)11-7(10-3)13-8/h4-5H2,1-3H3,(H,10,11,12,13). The zero-order valence-corrected chi connectivity index (χ0v) is 10.2. The number of aromatic nitrogens is 3. The largest absolute Gasteiger partial charge is 0.357 e. The van der Waals surface area contributed by atoms with Crippen molar-refractivity contribution in [3.63, 3.8) is 0 Å². The summed E-state index contributed by atoms with van der Waals surface area (Å²) in [6, 6.07) is 0. The summed E-state index contributed by atoms with van der Waals surface area (Å²) in [4.78, 5) is 14.6. The van der Waals surface area contributed by atoms with E-state index in [1.807, 2.05) is 0 Å². The highest BCUT2D eigenvalue weighted by Crippen LogP contribution is 2.13. The molecule has 0 aliphatic rings. The molecule has 0 amide bonds. The van der Waals surface area contributed by atoms with Gasteiger partial charge in [-0.2, -0.15) is 15.0 Å². The van der Waals surface area contributed by atoms with E-state index in [9.17, 15) is 0 Å². The topological polar surface area (TPSA) is 53.9 Å². The highest BCUT2D eigenvalue weighted by molar-refractivity contribution is 9.10. The summed E-state index contributed by atoms with van der Waals surface area (Å²) in [5.74, 6) is 1.27. The van der Waals surface area contributed by atoms with Gasteiger partial charge in [-0.3, -0.25) is 0 Å². The van der Waals surface area contributed by atoms with E-state index in [-0.39, 0.29) is 0 Å². The van der Waals surface area contributed by atoms with Crippen LogP contribution in [0.5, 0.6) is 0 Å². The molecule has 0 saturated heterocycles. The van der Waals surface area contributed by atoms with Crippen LogP contribution < -0.4 is 10.2 Å². The highest BCUT2D eigenvalue weighted by Gasteiger charge is 2.08. The first kappa shape index (κ1) is 11.2. The maximum Gasteiger partial charge on any atom is 0.231 e. The van der Waals surface area contributed by atoms with Crippen molar-refractivity contribution in [2.75, 3.05) is 30.4 Å². The van der Waals surface area contributed by atoms with Crippen LogP contribution in [0.4, 0.5) is 11.9 Å². The van der Waals surface area contributed by atoms with Gasteiger partial charge >= 0.3 is 0 Å². The van der Waals surface area contributed by atoms with E-state index in [2.05, 4.69) is 54.9 Å². The van der Waals surface area contributed by atoms with Gasteiger partial charge in [-0.25, -0.2) is 0 Å². The molecule has 1 N–H and O–H groups in total. The molecule has 0 radical (unpaired) electrons. The SMILES string of the molecule is CCN(CC)c1nc(Br)nc(NC)n1. The normalized spacial score (nSPS) is 10.0. The first-order chi connectivity index (χ1) is 6.71. The molecule has 0 bridgehead atoms. The Labute approximate surface area is 92.1 Å². The smallest absolute Gasteiger partial charge is 0.231 e. The van der Waals surface area contributed by atoms with Crippen LogP contribution in [0.2, 0.25) is 0 Å². The zero-order valence-electron chi connectivity index (χ0n) is 8.58. The first-order valence-corrected chi connectivity index (χ1v) is 5.34. The van der Waals surface area contributed by atoms with E-state index in [0.717, 1.165) is 13.1 Å². The summed E-state index contributed by atoms with van der Waals surface area (Å²) in [6.45, 7) is 5.91. The number of nitrogens with one attached hydrogen (secondary N) is 1. The Morgan fingerprint density at radius 1 is 1.21 bits per heavy atom. The molecular formula is C8H14BrN5. The van der Waals surface area contributed by atoms with Gasteiger partial charge < -0.3 is 10.2 Å². The number of anilines is 2. The van der Waals surface area contributed by atoms with Gasteiger partial charge in [-0.15, -0.1) is 0 Å². The van der Waals surface area contributed by atoms with Crippen LogP contribution in [0.25, 0.3) is 0 Å². The third kappa shape index (κ3) is 2.54. The fourth-order valence-electron chi connectivity index (χ4n) is 1.10. The van der Waals surface area contributed by atoms with Gasteiger partial charge in [0.15, 0.2) is 0 Å². The molecular weight excluding hydrogens is 246 g/mol. The predicted molar refractivity (Wildman–Crippen MR) is 60.6 cm³/mol. The zero-order chi connectivity index (χ0) is 10.6. The van der Waals surface area contributed by atoms with Crippen LogP contribution in [0.15, 0.2) is 4.73 Å². The number of rotatable bonds is 4. The van der Waals surface area contributed by atoms with E-state index in [1.54, 1.807) is 7.05 Å². The van der Waals surface area contributed by atoms with Gasteiger partial charge in [0.1, 0.15) is 0 Å². The Kier molecular flexibility index (Phi) is 4.06. The molecule has 14 heavy (non-hydrogen) atoms. The second kappa shape index (κ2) is 5.09. The van der Waals surface area contributed by atoms with Crippen molar-refractivity contribution in [1.82, 2.24) is 15.0 Å². The second-order valence-corrected chi connectivity index (χ2v) is 3.36. The summed E-state index contributed by atoms with van der Waals surface area (Å²) >= 11 is 3.25. The van der Waals surface area contributed by atoms with Crippen LogP contribution in [-0.2, 0) is 0 Å². The fraction of sp³-hybridized carbons (Fsp3) is 0.625. The van der Waals surface area contributed by atoms with E-state index in [0.29, 0.717) is 16.6 Å². The average Bonchev–Trinajstić information content (AvgIpc) is 2.19. The van der Waals surface area contributed by atoms with Gasteiger partial charge in [0.25, 0.3) is 0 Å². The van der Waals surface area contributed by atoms with Gasteiger partial charge in [0, 0.05) is 20.1 Å². The molecule has 1 aromatic rings.